The summed E-state index contributed by atoms with van der Waals surface area (Å²) in [4.78, 5) is 2.46. The lowest BCUT2D eigenvalue weighted by Crippen LogP contribution is -2.16. The first-order valence-corrected chi connectivity index (χ1v) is 18.4. The standard InChI is InChI=1S/C51H38N2/c1-51(2)47-24-14-12-22-43(47)44-28-26-41(34-48(44)51)52(42-31-37(35-16-6-3-7-17-35)30-38(32-42)36-18-8-4-9-19-36)40-27-29-50-46(33-40)45-23-13-15-25-49(45)53(50)39-20-10-5-11-21-39/h3-34H,1-2H3. The molecule has 1 aromatic heterocycles. The Balaban J connectivity index is 1.24. The molecule has 1 aliphatic rings. The van der Waals surface area contributed by atoms with Gasteiger partial charge in [0.15, 0.2) is 0 Å². The molecule has 8 aromatic carbocycles. The highest BCUT2D eigenvalue weighted by Gasteiger charge is 2.35. The molecule has 2 nitrogen and oxygen atoms in total. The zero-order valence-electron chi connectivity index (χ0n) is 29.9. The summed E-state index contributed by atoms with van der Waals surface area (Å²) in [6.07, 6.45) is 0. The maximum absolute atomic E-state index is 2.46. The molecule has 2 heteroatoms. The first kappa shape index (κ1) is 31.1. The molecule has 0 fully saturated rings. The highest BCUT2D eigenvalue weighted by molar-refractivity contribution is 6.10. The highest BCUT2D eigenvalue weighted by Crippen LogP contribution is 2.51. The van der Waals surface area contributed by atoms with Crippen LogP contribution < -0.4 is 4.90 Å². The summed E-state index contributed by atoms with van der Waals surface area (Å²) < 4.78 is 2.39. The number of fused-ring (bicyclic) bond motifs is 6. The second kappa shape index (κ2) is 12.3. The van der Waals surface area contributed by atoms with Gasteiger partial charge in [0.05, 0.1) is 11.0 Å². The molecule has 252 valence electrons. The minimum Gasteiger partial charge on any atom is -0.310 e. The van der Waals surface area contributed by atoms with E-state index in [1.54, 1.807) is 0 Å². The lowest BCUT2D eigenvalue weighted by atomic mass is 9.82. The molecule has 53 heavy (non-hydrogen) atoms. The van der Waals surface area contributed by atoms with Crippen LogP contribution in [-0.2, 0) is 5.41 Å². The molecule has 0 atom stereocenters. The van der Waals surface area contributed by atoms with Crippen LogP contribution in [0.5, 0.6) is 0 Å². The highest BCUT2D eigenvalue weighted by atomic mass is 15.1. The molecule has 0 saturated carbocycles. The molecule has 0 bridgehead atoms. The third-order valence-corrected chi connectivity index (χ3v) is 11.1. The third kappa shape index (κ3) is 5.10. The fourth-order valence-corrected chi connectivity index (χ4v) is 8.57. The van der Waals surface area contributed by atoms with E-state index in [1.807, 2.05) is 0 Å². The van der Waals surface area contributed by atoms with Crippen LogP contribution in [0.3, 0.4) is 0 Å². The van der Waals surface area contributed by atoms with Crippen molar-refractivity contribution in [3.05, 3.63) is 205 Å². The van der Waals surface area contributed by atoms with Gasteiger partial charge in [-0.3, -0.25) is 0 Å². The van der Waals surface area contributed by atoms with Gasteiger partial charge in [0.2, 0.25) is 0 Å². The van der Waals surface area contributed by atoms with Crippen molar-refractivity contribution in [2.45, 2.75) is 19.3 Å². The predicted octanol–water partition coefficient (Wildman–Crippen LogP) is 13.9. The van der Waals surface area contributed by atoms with E-state index in [-0.39, 0.29) is 5.41 Å². The Bertz CT molecular complexity index is 2740. The van der Waals surface area contributed by atoms with E-state index in [4.69, 9.17) is 0 Å². The third-order valence-electron chi connectivity index (χ3n) is 11.1. The van der Waals surface area contributed by atoms with Gasteiger partial charge in [0, 0.05) is 38.9 Å². The maximum Gasteiger partial charge on any atom is 0.0542 e. The lowest BCUT2D eigenvalue weighted by molar-refractivity contribution is 0.660. The maximum atomic E-state index is 2.46. The summed E-state index contributed by atoms with van der Waals surface area (Å²) in [5.41, 5.74) is 16.9. The van der Waals surface area contributed by atoms with E-state index >= 15 is 0 Å². The van der Waals surface area contributed by atoms with Crippen molar-refractivity contribution in [1.82, 2.24) is 4.57 Å². The van der Waals surface area contributed by atoms with Crippen LogP contribution in [-0.4, -0.2) is 4.57 Å². The normalized spacial score (nSPS) is 12.9. The monoisotopic (exact) mass is 678 g/mol. The van der Waals surface area contributed by atoms with Crippen molar-refractivity contribution in [2.24, 2.45) is 0 Å². The zero-order valence-corrected chi connectivity index (χ0v) is 29.9. The number of benzene rings is 8. The quantitative estimate of drug-likeness (QED) is 0.170. The van der Waals surface area contributed by atoms with E-state index in [0.29, 0.717) is 0 Å². The first-order chi connectivity index (χ1) is 26.0. The van der Waals surface area contributed by atoms with Crippen LogP contribution in [0.25, 0.3) is 60.9 Å². The van der Waals surface area contributed by atoms with Crippen molar-refractivity contribution in [1.29, 1.82) is 0 Å². The van der Waals surface area contributed by atoms with Crippen molar-refractivity contribution in [3.8, 4) is 39.1 Å². The topological polar surface area (TPSA) is 8.17 Å². The summed E-state index contributed by atoms with van der Waals surface area (Å²) in [7, 11) is 0. The number of hydrogen-bond donors (Lipinski definition) is 0. The second-order valence-corrected chi connectivity index (χ2v) is 14.6. The summed E-state index contributed by atoms with van der Waals surface area (Å²) in [5.74, 6) is 0. The Labute approximate surface area is 310 Å². The minimum absolute atomic E-state index is 0.123. The number of aromatic nitrogens is 1. The fourth-order valence-electron chi connectivity index (χ4n) is 8.57. The van der Waals surface area contributed by atoms with E-state index in [1.165, 1.54) is 66.3 Å². The van der Waals surface area contributed by atoms with Crippen molar-refractivity contribution in [3.63, 3.8) is 0 Å². The minimum atomic E-state index is -0.123. The predicted molar refractivity (Wildman–Crippen MR) is 224 cm³/mol. The number of anilines is 3. The van der Waals surface area contributed by atoms with Gasteiger partial charge < -0.3 is 9.47 Å². The van der Waals surface area contributed by atoms with E-state index in [2.05, 4.69) is 217 Å². The van der Waals surface area contributed by atoms with E-state index < -0.39 is 0 Å². The van der Waals surface area contributed by atoms with Crippen molar-refractivity contribution in [2.75, 3.05) is 4.90 Å². The molecule has 0 spiro atoms. The summed E-state index contributed by atoms with van der Waals surface area (Å²) in [5, 5.41) is 2.46. The molecule has 0 saturated heterocycles. The van der Waals surface area contributed by atoms with E-state index in [0.717, 1.165) is 22.7 Å². The molecule has 0 amide bonds. The smallest absolute Gasteiger partial charge is 0.0542 e. The molecule has 0 radical (unpaired) electrons. The fraction of sp³-hybridized carbons (Fsp3) is 0.0588. The van der Waals surface area contributed by atoms with Crippen LogP contribution in [0.2, 0.25) is 0 Å². The molecule has 0 N–H and O–H groups in total. The number of nitrogens with zero attached hydrogens (tertiary/aromatic N) is 2. The SMILES string of the molecule is CC1(C)c2ccccc2-c2ccc(N(c3cc(-c4ccccc4)cc(-c4ccccc4)c3)c3ccc4c(c3)c3ccccc3n4-c3ccccc3)cc21. The number of hydrogen-bond acceptors (Lipinski definition) is 1. The van der Waals surface area contributed by atoms with Gasteiger partial charge in [-0.1, -0.05) is 141 Å². The molecule has 9 aromatic rings. The molecular formula is C51H38N2. The molecular weight excluding hydrogens is 641 g/mol. The van der Waals surface area contributed by atoms with Crippen LogP contribution in [0, 0.1) is 0 Å². The van der Waals surface area contributed by atoms with Gasteiger partial charge in [-0.25, -0.2) is 0 Å². The second-order valence-electron chi connectivity index (χ2n) is 14.6. The van der Waals surface area contributed by atoms with Gasteiger partial charge in [-0.05, 0) is 111 Å². The Kier molecular flexibility index (Phi) is 7.19. The largest absolute Gasteiger partial charge is 0.310 e. The Morgan fingerprint density at radius 2 is 0.925 bits per heavy atom. The van der Waals surface area contributed by atoms with Crippen LogP contribution in [0.15, 0.2) is 194 Å². The molecule has 0 aliphatic heterocycles. The van der Waals surface area contributed by atoms with Crippen LogP contribution >= 0.6 is 0 Å². The summed E-state index contributed by atoms with van der Waals surface area (Å²) >= 11 is 0. The van der Waals surface area contributed by atoms with Crippen molar-refractivity contribution < 1.29 is 0 Å². The lowest BCUT2D eigenvalue weighted by Gasteiger charge is -2.29. The zero-order chi connectivity index (χ0) is 35.5. The van der Waals surface area contributed by atoms with Gasteiger partial charge >= 0.3 is 0 Å². The Hall–Kier alpha value is -6.64. The Morgan fingerprint density at radius 3 is 1.64 bits per heavy atom. The van der Waals surface area contributed by atoms with Crippen LogP contribution in [0.4, 0.5) is 17.1 Å². The molecule has 0 unspecified atom stereocenters. The average Bonchev–Trinajstić information content (AvgIpc) is 3.67. The van der Waals surface area contributed by atoms with E-state index in [9.17, 15) is 0 Å². The average molecular weight is 679 g/mol. The molecule has 10 rings (SSSR count). The van der Waals surface area contributed by atoms with Crippen molar-refractivity contribution >= 4 is 38.9 Å². The van der Waals surface area contributed by atoms with Crippen LogP contribution in [0.1, 0.15) is 25.0 Å². The summed E-state index contributed by atoms with van der Waals surface area (Å²) in [6.45, 7) is 4.72. The molecule has 1 heterocycles. The van der Waals surface area contributed by atoms with Gasteiger partial charge in [0.1, 0.15) is 0 Å². The van der Waals surface area contributed by atoms with Gasteiger partial charge in [-0.2, -0.15) is 0 Å². The summed E-state index contributed by atoms with van der Waals surface area (Å²) in [6, 6.07) is 70.9. The van der Waals surface area contributed by atoms with Gasteiger partial charge in [0.25, 0.3) is 0 Å². The molecule has 1 aliphatic carbocycles. The number of para-hydroxylation sites is 2. The van der Waals surface area contributed by atoms with Gasteiger partial charge in [-0.15, -0.1) is 0 Å². The Morgan fingerprint density at radius 1 is 0.377 bits per heavy atom. The number of rotatable bonds is 6. The first-order valence-electron chi connectivity index (χ1n) is 18.4.